The fourth-order valence-corrected chi connectivity index (χ4v) is 3.30. The Morgan fingerprint density at radius 1 is 0.839 bits per heavy atom. The van der Waals surface area contributed by atoms with Crippen LogP contribution in [0.3, 0.4) is 0 Å². The third-order valence-corrected chi connectivity index (χ3v) is 4.87. The summed E-state index contributed by atoms with van der Waals surface area (Å²) in [4.78, 5) is 30.4. The highest BCUT2D eigenvalue weighted by Gasteiger charge is 2.36. The van der Waals surface area contributed by atoms with Crippen LogP contribution in [0, 0.1) is 6.92 Å². The molecule has 31 heavy (non-hydrogen) atoms. The maximum absolute atomic E-state index is 12.4. The van der Waals surface area contributed by atoms with Gasteiger partial charge in [-0.1, -0.05) is 54.6 Å². The van der Waals surface area contributed by atoms with Gasteiger partial charge in [0.1, 0.15) is 5.75 Å². The molecule has 0 saturated carbocycles. The maximum Gasteiger partial charge on any atom is 0.285 e. The van der Waals surface area contributed by atoms with Gasteiger partial charge >= 0.3 is 0 Å². The van der Waals surface area contributed by atoms with Crippen molar-refractivity contribution in [2.75, 3.05) is 6.61 Å². The molecule has 3 aromatic rings. The van der Waals surface area contributed by atoms with Crippen LogP contribution in [0.15, 0.2) is 78.9 Å². The van der Waals surface area contributed by atoms with Crippen LogP contribution in [-0.2, 0) is 16.2 Å². The molecule has 2 amide bonds. The Bertz CT molecular complexity index is 1030. The number of nitrogens with zero attached hydrogens (tertiary/aromatic N) is 1. The van der Waals surface area contributed by atoms with Gasteiger partial charge in [0.05, 0.1) is 24.3 Å². The lowest BCUT2D eigenvalue weighted by Gasteiger charge is -2.21. The van der Waals surface area contributed by atoms with E-state index in [0.717, 1.165) is 16.2 Å². The summed E-state index contributed by atoms with van der Waals surface area (Å²) in [6.07, 6.45) is -0.286. The Morgan fingerprint density at radius 2 is 1.52 bits per heavy atom. The van der Waals surface area contributed by atoms with Crippen molar-refractivity contribution in [2.24, 2.45) is 0 Å². The van der Waals surface area contributed by atoms with Crippen molar-refractivity contribution in [3.63, 3.8) is 0 Å². The van der Waals surface area contributed by atoms with Crippen LogP contribution in [0.2, 0.25) is 0 Å². The number of hydrogen-bond acceptors (Lipinski definition) is 5. The van der Waals surface area contributed by atoms with Crippen molar-refractivity contribution in [3.05, 3.63) is 101 Å². The van der Waals surface area contributed by atoms with Gasteiger partial charge in [-0.05, 0) is 42.3 Å². The number of rotatable bonds is 9. The minimum atomic E-state index is -0.614. The first-order valence-corrected chi connectivity index (χ1v) is 10.1. The van der Waals surface area contributed by atoms with E-state index < -0.39 is 18.1 Å². The van der Waals surface area contributed by atoms with Crippen LogP contribution in [0.5, 0.6) is 5.75 Å². The summed E-state index contributed by atoms with van der Waals surface area (Å²) in [5.74, 6) is -0.234. The molecule has 158 valence electrons. The Morgan fingerprint density at radius 3 is 2.19 bits per heavy atom. The van der Waals surface area contributed by atoms with Crippen molar-refractivity contribution in [2.45, 2.75) is 26.2 Å². The largest absolute Gasteiger partial charge is 0.465 e. The predicted octanol–water partition coefficient (Wildman–Crippen LogP) is 4.53. The lowest BCUT2D eigenvalue weighted by molar-refractivity contribution is -0.136. The Balaban J connectivity index is 1.38. The summed E-state index contributed by atoms with van der Waals surface area (Å²) in [5, 5.41) is 0.811. The molecule has 1 atom stereocenters. The Kier molecular flexibility index (Phi) is 6.40. The molecule has 0 fully saturated rings. The van der Waals surface area contributed by atoms with E-state index in [2.05, 4.69) is 0 Å². The predicted molar refractivity (Wildman–Crippen MR) is 114 cm³/mol. The standard InChI is InChI=1S/C25H23NO5/c1-18-8-7-11-20(16-18)31-23(29-17-19-9-3-2-4-10-19)14-15-30-26-24(27)21-12-5-6-13-22(21)25(26)28/h2-13,16,23H,14-15,17H2,1H3. The number of fused-ring (bicyclic) bond motifs is 1. The molecule has 3 aromatic carbocycles. The van der Waals surface area contributed by atoms with E-state index in [9.17, 15) is 9.59 Å². The number of hydroxylamine groups is 2. The number of hydrogen-bond donors (Lipinski definition) is 0. The fourth-order valence-electron chi connectivity index (χ4n) is 3.30. The molecule has 1 aliphatic heterocycles. The Labute approximate surface area is 180 Å². The summed E-state index contributed by atoms with van der Waals surface area (Å²) < 4.78 is 12.0. The zero-order chi connectivity index (χ0) is 21.6. The highest BCUT2D eigenvalue weighted by Crippen LogP contribution is 2.23. The van der Waals surface area contributed by atoms with Crippen LogP contribution >= 0.6 is 0 Å². The van der Waals surface area contributed by atoms with Crippen LogP contribution in [0.1, 0.15) is 38.3 Å². The first kappa shape index (κ1) is 20.8. The summed E-state index contributed by atoms with van der Waals surface area (Å²) in [6, 6.07) is 24.1. The van der Waals surface area contributed by atoms with Crippen molar-refractivity contribution < 1.29 is 23.9 Å². The van der Waals surface area contributed by atoms with Crippen molar-refractivity contribution in [1.29, 1.82) is 0 Å². The normalized spacial score (nSPS) is 13.9. The topological polar surface area (TPSA) is 65.1 Å². The molecule has 4 rings (SSSR count). The summed E-state index contributed by atoms with van der Waals surface area (Å²) >= 11 is 0. The van der Waals surface area contributed by atoms with Gasteiger partial charge < -0.3 is 9.47 Å². The average molecular weight is 417 g/mol. The zero-order valence-electron chi connectivity index (χ0n) is 17.2. The van der Waals surface area contributed by atoms with Gasteiger partial charge in [-0.3, -0.25) is 14.4 Å². The number of amides is 2. The quantitative estimate of drug-likeness (QED) is 0.378. The maximum atomic E-state index is 12.4. The van der Waals surface area contributed by atoms with Crippen molar-refractivity contribution >= 4 is 11.8 Å². The van der Waals surface area contributed by atoms with Gasteiger partial charge in [-0.15, -0.1) is 5.06 Å². The van der Waals surface area contributed by atoms with E-state index in [4.69, 9.17) is 14.3 Å². The van der Waals surface area contributed by atoms with Crippen molar-refractivity contribution in [1.82, 2.24) is 5.06 Å². The second-order valence-electron chi connectivity index (χ2n) is 7.23. The first-order chi connectivity index (χ1) is 15.1. The van der Waals surface area contributed by atoms with E-state index in [1.807, 2.05) is 61.5 Å². The lowest BCUT2D eigenvalue weighted by atomic mass is 10.1. The van der Waals surface area contributed by atoms with Crippen LogP contribution < -0.4 is 4.74 Å². The monoisotopic (exact) mass is 417 g/mol. The third-order valence-electron chi connectivity index (χ3n) is 4.87. The molecular weight excluding hydrogens is 394 g/mol. The number of ether oxygens (including phenoxy) is 2. The molecule has 1 heterocycles. The molecule has 0 saturated heterocycles. The lowest BCUT2D eigenvalue weighted by Crippen LogP contribution is -2.32. The highest BCUT2D eigenvalue weighted by molar-refractivity contribution is 6.20. The third kappa shape index (κ3) is 4.99. The van der Waals surface area contributed by atoms with E-state index in [-0.39, 0.29) is 6.61 Å². The SMILES string of the molecule is Cc1cccc(OC(CCON2C(=O)c3ccccc3C2=O)OCc2ccccc2)c1. The molecular formula is C25H23NO5. The average Bonchev–Trinajstić information content (AvgIpc) is 3.03. The molecule has 6 nitrogen and oxygen atoms in total. The molecule has 0 bridgehead atoms. The van der Waals surface area contributed by atoms with Crippen LogP contribution in [0.4, 0.5) is 0 Å². The second-order valence-corrected chi connectivity index (χ2v) is 7.23. The molecule has 1 unspecified atom stereocenters. The molecule has 0 radical (unpaired) electrons. The number of imide groups is 1. The van der Waals surface area contributed by atoms with Gasteiger partial charge in [-0.25, -0.2) is 0 Å². The summed E-state index contributed by atoms with van der Waals surface area (Å²) in [7, 11) is 0. The zero-order valence-corrected chi connectivity index (χ0v) is 17.2. The summed E-state index contributed by atoms with van der Waals surface area (Å²) in [5.41, 5.74) is 2.78. The Hall–Kier alpha value is -3.48. The minimum Gasteiger partial charge on any atom is -0.465 e. The van der Waals surface area contributed by atoms with Gasteiger partial charge in [0, 0.05) is 6.42 Å². The summed E-state index contributed by atoms with van der Waals surface area (Å²) in [6.45, 7) is 2.43. The number of carbonyl (C=O) groups is 2. The molecule has 0 spiro atoms. The van der Waals surface area contributed by atoms with Crippen LogP contribution in [0.25, 0.3) is 0 Å². The molecule has 0 aromatic heterocycles. The minimum absolute atomic E-state index is 0.0801. The molecule has 6 heteroatoms. The number of carbonyl (C=O) groups excluding carboxylic acids is 2. The molecule has 0 aliphatic carbocycles. The van der Waals surface area contributed by atoms with Gasteiger partial charge in [0.25, 0.3) is 11.8 Å². The van der Waals surface area contributed by atoms with E-state index in [1.54, 1.807) is 24.3 Å². The fraction of sp³-hybridized carbons (Fsp3) is 0.200. The number of aryl methyl sites for hydroxylation is 1. The smallest absolute Gasteiger partial charge is 0.285 e. The molecule has 1 aliphatic rings. The molecule has 0 N–H and O–H groups in total. The van der Waals surface area contributed by atoms with Gasteiger partial charge in [0.15, 0.2) is 0 Å². The van der Waals surface area contributed by atoms with E-state index in [0.29, 0.717) is 29.9 Å². The second kappa shape index (κ2) is 9.55. The highest BCUT2D eigenvalue weighted by atomic mass is 16.7. The van der Waals surface area contributed by atoms with E-state index in [1.165, 1.54) is 0 Å². The first-order valence-electron chi connectivity index (χ1n) is 10.1. The van der Waals surface area contributed by atoms with Crippen molar-refractivity contribution in [3.8, 4) is 5.75 Å². The van der Waals surface area contributed by atoms with Gasteiger partial charge in [0.2, 0.25) is 6.29 Å². The number of benzene rings is 3. The van der Waals surface area contributed by atoms with E-state index >= 15 is 0 Å². The van der Waals surface area contributed by atoms with Crippen LogP contribution in [-0.4, -0.2) is 29.8 Å². The van der Waals surface area contributed by atoms with Gasteiger partial charge in [-0.2, -0.15) is 0 Å².